The molecule has 0 saturated carbocycles. The van der Waals surface area contributed by atoms with Crippen LogP contribution in [0.2, 0.25) is 0 Å². The number of ether oxygens (including phenoxy) is 1. The van der Waals surface area contributed by atoms with Crippen LogP contribution in [0.15, 0.2) is 29.8 Å². The number of hydrogen-bond donors (Lipinski definition) is 1. The Kier molecular flexibility index (Phi) is 5.36. The average molecular weight is 343 g/mol. The average Bonchev–Trinajstić information content (AvgIpc) is 2.60. The van der Waals surface area contributed by atoms with Crippen LogP contribution in [0.3, 0.4) is 0 Å². The highest BCUT2D eigenvalue weighted by Gasteiger charge is 2.37. The third-order valence-corrected chi connectivity index (χ3v) is 3.77. The minimum Gasteiger partial charge on any atom is -0.465 e. The summed E-state index contributed by atoms with van der Waals surface area (Å²) in [5.74, 6) is -0.925. The molecular weight excluding hydrogens is 322 g/mol. The third-order valence-electron chi connectivity index (χ3n) is 3.77. The zero-order chi connectivity index (χ0) is 18.7. The van der Waals surface area contributed by atoms with Crippen molar-refractivity contribution in [3.63, 3.8) is 0 Å². The number of methoxy groups -OCH3 is 1. The largest absolute Gasteiger partial charge is 0.465 e. The molecule has 1 aliphatic heterocycles. The van der Waals surface area contributed by atoms with Gasteiger partial charge in [0.2, 0.25) is 0 Å². The number of esters is 1. The van der Waals surface area contributed by atoms with Crippen molar-refractivity contribution in [3.8, 4) is 0 Å². The Morgan fingerprint density at radius 2 is 1.84 bits per heavy atom. The summed E-state index contributed by atoms with van der Waals surface area (Å²) >= 11 is 0. The van der Waals surface area contributed by atoms with Crippen molar-refractivity contribution in [3.05, 3.63) is 41.0 Å². The molecular formula is C18H21N3O4. The van der Waals surface area contributed by atoms with Crippen molar-refractivity contribution in [1.82, 2.24) is 9.80 Å². The molecule has 0 bridgehead atoms. The lowest BCUT2D eigenvalue weighted by Gasteiger charge is -2.34. The van der Waals surface area contributed by atoms with E-state index in [1.54, 1.807) is 30.3 Å². The summed E-state index contributed by atoms with van der Waals surface area (Å²) in [5.41, 5.74) is 1.17. The molecule has 25 heavy (non-hydrogen) atoms. The van der Waals surface area contributed by atoms with Crippen molar-refractivity contribution < 1.29 is 19.1 Å². The van der Waals surface area contributed by atoms with E-state index in [0.29, 0.717) is 17.7 Å². The predicted molar refractivity (Wildman–Crippen MR) is 93.2 cm³/mol. The zero-order valence-electron chi connectivity index (χ0n) is 14.7. The summed E-state index contributed by atoms with van der Waals surface area (Å²) in [5, 5.41) is 8.25. The monoisotopic (exact) mass is 343 g/mol. The molecule has 1 aliphatic rings. The molecule has 0 spiro atoms. The number of amidine groups is 1. The molecule has 132 valence electrons. The van der Waals surface area contributed by atoms with Gasteiger partial charge in [0, 0.05) is 13.6 Å². The SMILES string of the molecule is COC(=O)c1ccc(/C=C2/C(=N)N(CC(C)C)C(=O)N(C)C2=O)cc1. The Labute approximate surface area is 146 Å². The number of hydrogen-bond acceptors (Lipinski definition) is 5. The van der Waals surface area contributed by atoms with Gasteiger partial charge in [-0.15, -0.1) is 0 Å². The number of amides is 3. The maximum absolute atomic E-state index is 12.4. The van der Waals surface area contributed by atoms with Gasteiger partial charge in [-0.05, 0) is 29.7 Å². The van der Waals surface area contributed by atoms with Gasteiger partial charge in [0.1, 0.15) is 5.84 Å². The van der Waals surface area contributed by atoms with Crippen LogP contribution >= 0.6 is 0 Å². The minimum atomic E-state index is -0.521. The van der Waals surface area contributed by atoms with E-state index in [-0.39, 0.29) is 17.3 Å². The molecule has 0 radical (unpaired) electrons. The van der Waals surface area contributed by atoms with Gasteiger partial charge >= 0.3 is 12.0 Å². The Morgan fingerprint density at radius 1 is 1.24 bits per heavy atom. The van der Waals surface area contributed by atoms with Gasteiger partial charge in [-0.3, -0.25) is 20.0 Å². The quantitative estimate of drug-likeness (QED) is 0.671. The zero-order valence-corrected chi connectivity index (χ0v) is 14.7. The first kappa shape index (κ1) is 18.4. The number of benzene rings is 1. The van der Waals surface area contributed by atoms with Gasteiger partial charge < -0.3 is 4.74 Å². The topological polar surface area (TPSA) is 90.8 Å². The van der Waals surface area contributed by atoms with Crippen LogP contribution in [0.5, 0.6) is 0 Å². The van der Waals surface area contributed by atoms with Gasteiger partial charge in [-0.25, -0.2) is 9.59 Å². The van der Waals surface area contributed by atoms with Gasteiger partial charge in [-0.1, -0.05) is 26.0 Å². The number of nitrogens with zero attached hydrogens (tertiary/aromatic N) is 2. The molecule has 1 fully saturated rings. The highest BCUT2D eigenvalue weighted by molar-refractivity contribution is 6.31. The fourth-order valence-corrected chi connectivity index (χ4v) is 2.46. The van der Waals surface area contributed by atoms with Gasteiger partial charge in [0.15, 0.2) is 0 Å². The second kappa shape index (κ2) is 7.29. The summed E-state index contributed by atoms with van der Waals surface area (Å²) in [6, 6.07) is 5.97. The number of rotatable bonds is 4. The molecule has 0 aliphatic carbocycles. The van der Waals surface area contributed by atoms with Crippen molar-refractivity contribution in [2.24, 2.45) is 5.92 Å². The van der Waals surface area contributed by atoms with E-state index < -0.39 is 17.9 Å². The number of carbonyl (C=O) groups excluding carboxylic acids is 3. The van der Waals surface area contributed by atoms with Crippen LogP contribution < -0.4 is 0 Å². The highest BCUT2D eigenvalue weighted by atomic mass is 16.5. The third kappa shape index (κ3) is 3.76. The minimum absolute atomic E-state index is 0.112. The van der Waals surface area contributed by atoms with Crippen LogP contribution in [0, 0.1) is 11.3 Å². The fraction of sp³-hybridized carbons (Fsp3) is 0.333. The number of likely N-dealkylation sites (N-methyl/N-ethyl adjacent to an activating group) is 1. The Balaban J connectivity index is 2.36. The van der Waals surface area contributed by atoms with E-state index >= 15 is 0 Å². The van der Waals surface area contributed by atoms with Crippen LogP contribution in [0.4, 0.5) is 4.79 Å². The molecule has 7 heteroatoms. The smallest absolute Gasteiger partial charge is 0.337 e. The van der Waals surface area contributed by atoms with Gasteiger partial charge in [0.05, 0.1) is 18.2 Å². The molecule has 1 N–H and O–H groups in total. The van der Waals surface area contributed by atoms with Crippen LogP contribution in [-0.4, -0.2) is 54.2 Å². The summed E-state index contributed by atoms with van der Waals surface area (Å²) in [4.78, 5) is 38.4. The Morgan fingerprint density at radius 3 is 2.36 bits per heavy atom. The second-order valence-electron chi connectivity index (χ2n) is 6.17. The summed E-state index contributed by atoms with van der Waals surface area (Å²) in [6.07, 6.45) is 1.54. The van der Waals surface area contributed by atoms with Crippen LogP contribution in [0.1, 0.15) is 29.8 Å². The van der Waals surface area contributed by atoms with Gasteiger partial charge in [0.25, 0.3) is 5.91 Å². The van der Waals surface area contributed by atoms with E-state index in [4.69, 9.17) is 5.41 Å². The molecule has 1 heterocycles. The van der Waals surface area contributed by atoms with E-state index in [9.17, 15) is 14.4 Å². The maximum atomic E-state index is 12.4. The summed E-state index contributed by atoms with van der Waals surface area (Å²) in [6.45, 7) is 4.23. The first-order valence-electron chi connectivity index (χ1n) is 7.84. The van der Waals surface area contributed by atoms with Crippen LogP contribution in [0.25, 0.3) is 6.08 Å². The second-order valence-corrected chi connectivity index (χ2v) is 6.17. The molecule has 0 aromatic heterocycles. The molecule has 7 nitrogen and oxygen atoms in total. The fourth-order valence-electron chi connectivity index (χ4n) is 2.46. The van der Waals surface area contributed by atoms with E-state index in [2.05, 4.69) is 4.74 Å². The van der Waals surface area contributed by atoms with Crippen molar-refractivity contribution in [1.29, 1.82) is 5.41 Å². The van der Waals surface area contributed by atoms with Crippen molar-refractivity contribution in [2.45, 2.75) is 13.8 Å². The van der Waals surface area contributed by atoms with Crippen LogP contribution in [-0.2, 0) is 9.53 Å². The molecule has 1 aromatic carbocycles. The lowest BCUT2D eigenvalue weighted by atomic mass is 10.0. The normalized spacial score (nSPS) is 16.8. The Bertz CT molecular complexity index is 750. The van der Waals surface area contributed by atoms with E-state index in [1.165, 1.54) is 19.1 Å². The van der Waals surface area contributed by atoms with Crippen molar-refractivity contribution in [2.75, 3.05) is 20.7 Å². The standard InChI is InChI=1S/C18H21N3O4/c1-11(2)10-21-15(19)14(16(22)20(3)18(21)24)9-12-5-7-13(8-6-12)17(23)25-4/h5-9,11,19H,10H2,1-4H3/b14-9-,19-15?. The lowest BCUT2D eigenvalue weighted by molar-refractivity contribution is -0.123. The van der Waals surface area contributed by atoms with Crippen molar-refractivity contribution >= 4 is 29.8 Å². The molecule has 0 unspecified atom stereocenters. The predicted octanol–water partition coefficient (Wildman–Crippen LogP) is 2.38. The first-order chi connectivity index (χ1) is 11.8. The van der Waals surface area contributed by atoms with E-state index in [1.807, 2.05) is 13.8 Å². The number of carbonyl (C=O) groups is 3. The number of nitrogens with one attached hydrogen (secondary N) is 1. The summed E-state index contributed by atoms with van der Waals surface area (Å²) < 4.78 is 4.64. The molecule has 2 rings (SSSR count). The molecule has 1 aromatic rings. The Hall–Kier alpha value is -2.96. The first-order valence-corrected chi connectivity index (χ1v) is 7.84. The lowest BCUT2D eigenvalue weighted by Crippen LogP contribution is -2.55. The number of urea groups is 1. The highest BCUT2D eigenvalue weighted by Crippen LogP contribution is 2.20. The molecule has 3 amide bonds. The molecule has 0 atom stereocenters. The molecule has 1 saturated heterocycles. The van der Waals surface area contributed by atoms with Gasteiger partial charge in [-0.2, -0.15) is 0 Å². The summed E-state index contributed by atoms with van der Waals surface area (Å²) in [7, 11) is 2.70. The van der Waals surface area contributed by atoms with E-state index in [0.717, 1.165) is 4.90 Å². The maximum Gasteiger partial charge on any atom is 0.337 e. The number of imide groups is 1.